The molecule has 0 spiro atoms. The number of benzene rings is 1. The number of carboxylic acids is 1. The molecule has 0 saturated heterocycles. The SMILES string of the molecule is C[C@@H](Oc1ccc(-c2ccc(C(=O)O)o2)nc1)c1ccccc1. The van der Waals surface area contributed by atoms with Gasteiger partial charge in [0.2, 0.25) is 5.76 Å². The average molecular weight is 309 g/mol. The van der Waals surface area contributed by atoms with Gasteiger partial charge in [0.05, 0.1) is 6.20 Å². The topological polar surface area (TPSA) is 72.6 Å². The van der Waals surface area contributed by atoms with Crippen LogP contribution in [0.3, 0.4) is 0 Å². The average Bonchev–Trinajstić information content (AvgIpc) is 3.07. The summed E-state index contributed by atoms with van der Waals surface area (Å²) in [6, 6.07) is 16.4. The zero-order valence-electron chi connectivity index (χ0n) is 12.5. The van der Waals surface area contributed by atoms with Gasteiger partial charge in [-0.3, -0.25) is 0 Å². The fourth-order valence-electron chi connectivity index (χ4n) is 2.18. The molecule has 0 radical (unpaired) electrons. The standard InChI is InChI=1S/C18H15NO4/c1-12(13-5-3-2-4-6-13)22-14-7-8-15(19-11-14)16-9-10-17(23-16)18(20)21/h2-12H,1H3,(H,20,21)/t12-/m1/s1. The normalized spacial score (nSPS) is 11.9. The number of hydrogen-bond donors (Lipinski definition) is 1. The largest absolute Gasteiger partial charge is 0.484 e. The Balaban J connectivity index is 1.73. The number of aromatic nitrogens is 1. The number of aromatic carboxylic acids is 1. The highest BCUT2D eigenvalue weighted by molar-refractivity contribution is 5.85. The zero-order chi connectivity index (χ0) is 16.2. The molecule has 1 atom stereocenters. The van der Waals surface area contributed by atoms with Crippen LogP contribution in [-0.4, -0.2) is 16.1 Å². The van der Waals surface area contributed by atoms with Crippen LogP contribution in [0.25, 0.3) is 11.5 Å². The van der Waals surface area contributed by atoms with Gasteiger partial charge < -0.3 is 14.3 Å². The fourth-order valence-corrected chi connectivity index (χ4v) is 2.18. The van der Waals surface area contributed by atoms with Gasteiger partial charge in [-0.1, -0.05) is 30.3 Å². The van der Waals surface area contributed by atoms with Gasteiger partial charge in [-0.15, -0.1) is 0 Å². The minimum Gasteiger partial charge on any atom is -0.484 e. The van der Waals surface area contributed by atoms with E-state index in [0.29, 0.717) is 17.2 Å². The Morgan fingerprint density at radius 1 is 1.13 bits per heavy atom. The molecule has 0 unspecified atom stereocenters. The van der Waals surface area contributed by atoms with Crippen molar-refractivity contribution in [1.29, 1.82) is 0 Å². The van der Waals surface area contributed by atoms with Gasteiger partial charge >= 0.3 is 5.97 Å². The lowest BCUT2D eigenvalue weighted by Gasteiger charge is -2.14. The second-order valence-corrected chi connectivity index (χ2v) is 5.02. The molecule has 3 rings (SSSR count). The first-order valence-electron chi connectivity index (χ1n) is 7.14. The highest BCUT2D eigenvalue weighted by Crippen LogP contribution is 2.25. The van der Waals surface area contributed by atoms with E-state index in [4.69, 9.17) is 14.3 Å². The van der Waals surface area contributed by atoms with Crippen LogP contribution in [0.2, 0.25) is 0 Å². The van der Waals surface area contributed by atoms with Crippen molar-refractivity contribution in [2.45, 2.75) is 13.0 Å². The van der Waals surface area contributed by atoms with E-state index >= 15 is 0 Å². The molecule has 0 aliphatic carbocycles. The minimum absolute atomic E-state index is 0.0916. The van der Waals surface area contributed by atoms with Gasteiger partial charge in [0.1, 0.15) is 17.5 Å². The third-order valence-electron chi connectivity index (χ3n) is 3.39. The quantitative estimate of drug-likeness (QED) is 0.765. The highest BCUT2D eigenvalue weighted by atomic mass is 16.5. The van der Waals surface area contributed by atoms with Crippen LogP contribution < -0.4 is 4.74 Å². The third-order valence-corrected chi connectivity index (χ3v) is 3.39. The van der Waals surface area contributed by atoms with Crippen molar-refractivity contribution in [2.75, 3.05) is 0 Å². The van der Waals surface area contributed by atoms with Crippen LogP contribution in [0.15, 0.2) is 65.2 Å². The van der Waals surface area contributed by atoms with E-state index in [-0.39, 0.29) is 11.9 Å². The second-order valence-electron chi connectivity index (χ2n) is 5.02. The van der Waals surface area contributed by atoms with E-state index in [2.05, 4.69) is 4.98 Å². The second kappa shape index (κ2) is 6.36. The smallest absolute Gasteiger partial charge is 0.371 e. The Morgan fingerprint density at radius 3 is 2.52 bits per heavy atom. The molecule has 5 heteroatoms. The van der Waals surface area contributed by atoms with Crippen LogP contribution in [0, 0.1) is 0 Å². The molecule has 0 aliphatic heterocycles. The summed E-state index contributed by atoms with van der Waals surface area (Å²) in [6.07, 6.45) is 1.50. The molecule has 2 aromatic heterocycles. The molecular formula is C18H15NO4. The van der Waals surface area contributed by atoms with Crippen LogP contribution >= 0.6 is 0 Å². The van der Waals surface area contributed by atoms with Gasteiger partial charge in [0.15, 0.2) is 5.76 Å². The van der Waals surface area contributed by atoms with Gasteiger partial charge in [-0.2, -0.15) is 0 Å². The molecular weight excluding hydrogens is 294 g/mol. The molecule has 0 amide bonds. The van der Waals surface area contributed by atoms with Crippen molar-refractivity contribution >= 4 is 5.97 Å². The highest BCUT2D eigenvalue weighted by Gasteiger charge is 2.12. The number of carboxylic acid groups (broad SMARTS) is 1. The van der Waals surface area contributed by atoms with Crippen molar-refractivity contribution in [3.63, 3.8) is 0 Å². The van der Waals surface area contributed by atoms with Crippen molar-refractivity contribution in [2.24, 2.45) is 0 Å². The van der Waals surface area contributed by atoms with E-state index in [9.17, 15) is 4.79 Å². The third kappa shape index (κ3) is 3.40. The molecule has 23 heavy (non-hydrogen) atoms. The first-order chi connectivity index (χ1) is 11.1. The summed E-state index contributed by atoms with van der Waals surface area (Å²) in [4.78, 5) is 15.1. The molecule has 116 valence electrons. The summed E-state index contributed by atoms with van der Waals surface area (Å²) < 4.78 is 11.1. The van der Waals surface area contributed by atoms with Gasteiger partial charge in [-0.25, -0.2) is 9.78 Å². The predicted octanol–water partition coefficient (Wildman–Crippen LogP) is 4.18. The zero-order valence-corrected chi connectivity index (χ0v) is 12.5. The van der Waals surface area contributed by atoms with Crippen molar-refractivity contribution < 1.29 is 19.1 Å². The maximum Gasteiger partial charge on any atom is 0.371 e. The van der Waals surface area contributed by atoms with Crippen LogP contribution in [0.5, 0.6) is 5.75 Å². The Hall–Kier alpha value is -3.08. The number of hydrogen-bond acceptors (Lipinski definition) is 4. The molecule has 0 fully saturated rings. The number of ether oxygens (including phenoxy) is 1. The van der Waals surface area contributed by atoms with E-state index in [1.165, 1.54) is 6.07 Å². The lowest BCUT2D eigenvalue weighted by Crippen LogP contribution is -2.03. The van der Waals surface area contributed by atoms with E-state index < -0.39 is 5.97 Å². The first-order valence-corrected chi connectivity index (χ1v) is 7.14. The number of furan rings is 1. The number of rotatable bonds is 5. The molecule has 0 saturated carbocycles. The van der Waals surface area contributed by atoms with Gasteiger partial charge in [0.25, 0.3) is 0 Å². The Morgan fingerprint density at radius 2 is 1.91 bits per heavy atom. The summed E-state index contributed by atoms with van der Waals surface area (Å²) in [6.45, 7) is 1.97. The number of nitrogens with zero attached hydrogens (tertiary/aromatic N) is 1. The Bertz CT molecular complexity index is 793. The summed E-state index contributed by atoms with van der Waals surface area (Å²) in [5.41, 5.74) is 1.63. The lowest BCUT2D eigenvalue weighted by atomic mass is 10.1. The summed E-state index contributed by atoms with van der Waals surface area (Å²) in [5.74, 6) is -0.173. The fraction of sp³-hybridized carbons (Fsp3) is 0.111. The molecule has 3 aromatic rings. The predicted molar refractivity (Wildman–Crippen MR) is 84.4 cm³/mol. The Labute approximate surface area is 133 Å². The van der Waals surface area contributed by atoms with Gasteiger partial charge in [0, 0.05) is 0 Å². The summed E-state index contributed by atoms with van der Waals surface area (Å²) >= 11 is 0. The van der Waals surface area contributed by atoms with E-state index in [0.717, 1.165) is 5.56 Å². The molecule has 5 nitrogen and oxygen atoms in total. The van der Waals surface area contributed by atoms with Crippen molar-refractivity contribution in [3.05, 3.63) is 72.1 Å². The van der Waals surface area contributed by atoms with Crippen LogP contribution in [0.1, 0.15) is 29.1 Å². The van der Waals surface area contributed by atoms with E-state index in [1.807, 2.05) is 37.3 Å². The molecule has 0 aliphatic rings. The van der Waals surface area contributed by atoms with Crippen molar-refractivity contribution in [3.8, 4) is 17.2 Å². The number of pyridine rings is 1. The first kappa shape index (κ1) is 14.8. The van der Waals surface area contributed by atoms with Gasteiger partial charge in [-0.05, 0) is 36.8 Å². The van der Waals surface area contributed by atoms with Crippen LogP contribution in [0.4, 0.5) is 0 Å². The minimum atomic E-state index is -1.10. The molecule has 1 aromatic carbocycles. The summed E-state index contributed by atoms with van der Waals surface area (Å²) in [7, 11) is 0. The van der Waals surface area contributed by atoms with Crippen LogP contribution in [-0.2, 0) is 0 Å². The molecule has 2 heterocycles. The van der Waals surface area contributed by atoms with E-state index in [1.54, 1.807) is 24.4 Å². The molecule has 1 N–H and O–H groups in total. The monoisotopic (exact) mass is 309 g/mol. The molecule has 0 bridgehead atoms. The number of carbonyl (C=O) groups is 1. The maximum atomic E-state index is 10.8. The van der Waals surface area contributed by atoms with Crippen molar-refractivity contribution in [1.82, 2.24) is 4.98 Å². The Kier molecular flexibility index (Phi) is 4.10. The maximum absolute atomic E-state index is 10.8. The lowest BCUT2D eigenvalue weighted by molar-refractivity contribution is 0.0663. The summed E-state index contributed by atoms with van der Waals surface area (Å²) in [5, 5.41) is 8.86.